The zero-order valence-corrected chi connectivity index (χ0v) is 17.9. The molecule has 0 saturated heterocycles. The summed E-state index contributed by atoms with van der Waals surface area (Å²) < 4.78 is 3.09. The number of carbonyl (C=O) groups excluding carboxylic acids is 1. The fourth-order valence-electron chi connectivity index (χ4n) is 3.65. The minimum atomic E-state index is 0.0229. The van der Waals surface area contributed by atoms with Crippen molar-refractivity contribution in [2.24, 2.45) is 0 Å². The van der Waals surface area contributed by atoms with Gasteiger partial charge < -0.3 is 4.57 Å². The van der Waals surface area contributed by atoms with Gasteiger partial charge in [-0.3, -0.25) is 4.79 Å². The number of benzene rings is 2. The molecule has 0 aliphatic carbocycles. The number of nitrogens with zero attached hydrogens (tertiary/aromatic N) is 3. The lowest BCUT2D eigenvalue weighted by Gasteiger charge is -2.24. The molecule has 0 N–H and O–H groups in total. The average Bonchev–Trinajstić information content (AvgIpc) is 3.37. The highest BCUT2D eigenvalue weighted by atomic mass is 32.2. The Labute approximate surface area is 178 Å². The maximum absolute atomic E-state index is 12.9. The van der Waals surface area contributed by atoms with Crippen molar-refractivity contribution < 1.29 is 4.79 Å². The largest absolute Gasteiger partial charge is 0.337 e. The molecule has 2 aromatic carbocycles. The number of hydrogen-bond acceptors (Lipinski definition) is 5. The van der Waals surface area contributed by atoms with Gasteiger partial charge in [0.25, 0.3) is 0 Å². The molecule has 0 radical (unpaired) electrons. The number of thioether (sulfide) groups is 1. The van der Waals surface area contributed by atoms with Crippen LogP contribution in [0, 0.1) is 13.8 Å². The third-order valence-electron chi connectivity index (χ3n) is 4.94. The lowest BCUT2D eigenvalue weighted by molar-refractivity contribution is 0.102. The van der Waals surface area contributed by atoms with Crippen LogP contribution in [0.15, 0.2) is 76.6 Å². The summed E-state index contributed by atoms with van der Waals surface area (Å²) in [6.07, 6.45) is 0. The van der Waals surface area contributed by atoms with E-state index in [-0.39, 0.29) is 11.8 Å². The minimum Gasteiger partial charge on any atom is -0.337 e. The Morgan fingerprint density at radius 1 is 1.03 bits per heavy atom. The average molecular weight is 420 g/mol. The van der Waals surface area contributed by atoms with Gasteiger partial charge in [0.2, 0.25) is 0 Å². The van der Waals surface area contributed by atoms with Gasteiger partial charge in [-0.25, -0.2) is 0 Å². The molecular formula is C23H21N3OS2. The van der Waals surface area contributed by atoms with Crippen molar-refractivity contribution in [3.8, 4) is 0 Å². The van der Waals surface area contributed by atoms with Crippen LogP contribution in [-0.4, -0.2) is 26.3 Å². The highest BCUT2D eigenvalue weighted by Crippen LogP contribution is 2.32. The van der Waals surface area contributed by atoms with Crippen LogP contribution < -0.4 is 0 Å². The topological polar surface area (TPSA) is 47.8 Å². The molecule has 29 heavy (non-hydrogen) atoms. The van der Waals surface area contributed by atoms with Crippen molar-refractivity contribution in [2.75, 3.05) is 5.75 Å². The van der Waals surface area contributed by atoms with Crippen LogP contribution in [0.5, 0.6) is 0 Å². The molecule has 4 rings (SSSR count). The van der Waals surface area contributed by atoms with Crippen LogP contribution >= 0.6 is 23.1 Å². The summed E-state index contributed by atoms with van der Waals surface area (Å²) in [6, 6.07) is 22.9. The highest BCUT2D eigenvalue weighted by Gasteiger charge is 2.23. The van der Waals surface area contributed by atoms with E-state index in [1.54, 1.807) is 5.51 Å². The van der Waals surface area contributed by atoms with Gasteiger partial charge in [0.05, 0.1) is 11.8 Å². The molecule has 0 bridgehead atoms. The fourth-order valence-corrected chi connectivity index (χ4v) is 5.02. The zero-order chi connectivity index (χ0) is 20.2. The van der Waals surface area contributed by atoms with E-state index in [4.69, 9.17) is 0 Å². The van der Waals surface area contributed by atoms with Crippen molar-refractivity contribution in [3.05, 3.63) is 100 Å². The van der Waals surface area contributed by atoms with E-state index in [1.807, 2.05) is 25.1 Å². The van der Waals surface area contributed by atoms with E-state index in [0.717, 1.165) is 21.3 Å². The van der Waals surface area contributed by atoms with Crippen molar-refractivity contribution in [3.63, 3.8) is 0 Å². The second-order valence-corrected chi connectivity index (χ2v) is 8.85. The Balaban J connectivity index is 1.71. The highest BCUT2D eigenvalue weighted by molar-refractivity contribution is 8.01. The first-order valence-electron chi connectivity index (χ1n) is 9.35. The standard InChI is InChI=1S/C23H21N3OS2/c1-16-13-20(21(27)14-28-23-25-24-15-29-23)17(2)26(16)22(18-9-5-3-6-10-18)19-11-7-4-8-12-19/h3-13,15,22H,14H2,1-2H3. The van der Waals surface area contributed by atoms with Crippen molar-refractivity contribution >= 4 is 28.9 Å². The van der Waals surface area contributed by atoms with Crippen molar-refractivity contribution in [2.45, 2.75) is 24.2 Å². The molecule has 0 aliphatic heterocycles. The third kappa shape index (κ3) is 4.18. The summed E-state index contributed by atoms with van der Waals surface area (Å²) in [5.41, 5.74) is 6.91. The molecule has 4 aromatic rings. The lowest BCUT2D eigenvalue weighted by atomic mass is 9.98. The number of aromatic nitrogens is 3. The van der Waals surface area contributed by atoms with E-state index in [1.165, 1.54) is 34.2 Å². The summed E-state index contributed by atoms with van der Waals surface area (Å²) in [6.45, 7) is 4.11. The van der Waals surface area contributed by atoms with Gasteiger partial charge >= 0.3 is 0 Å². The van der Waals surface area contributed by atoms with E-state index in [0.29, 0.717) is 5.75 Å². The van der Waals surface area contributed by atoms with E-state index < -0.39 is 0 Å². The molecular weight excluding hydrogens is 398 g/mol. The molecule has 4 nitrogen and oxygen atoms in total. The smallest absolute Gasteiger partial charge is 0.174 e. The van der Waals surface area contributed by atoms with Crippen molar-refractivity contribution in [1.82, 2.24) is 14.8 Å². The predicted octanol–water partition coefficient (Wildman–Crippen LogP) is 5.57. The minimum absolute atomic E-state index is 0.0229. The summed E-state index contributed by atoms with van der Waals surface area (Å²) >= 11 is 2.90. The molecule has 2 aromatic heterocycles. The predicted molar refractivity (Wildman–Crippen MR) is 119 cm³/mol. The molecule has 0 spiro atoms. The zero-order valence-electron chi connectivity index (χ0n) is 16.3. The Hall–Kier alpha value is -2.70. The van der Waals surface area contributed by atoms with Gasteiger partial charge in [-0.05, 0) is 31.0 Å². The maximum Gasteiger partial charge on any atom is 0.174 e. The van der Waals surface area contributed by atoms with Gasteiger partial charge in [0.1, 0.15) is 5.51 Å². The monoisotopic (exact) mass is 419 g/mol. The van der Waals surface area contributed by atoms with Gasteiger partial charge in [-0.1, -0.05) is 83.8 Å². The Morgan fingerprint density at radius 2 is 1.66 bits per heavy atom. The molecule has 0 amide bonds. The van der Waals surface area contributed by atoms with Crippen LogP contribution in [0.1, 0.15) is 38.9 Å². The van der Waals surface area contributed by atoms with Crippen LogP contribution in [0.4, 0.5) is 0 Å². The lowest BCUT2D eigenvalue weighted by Crippen LogP contribution is -2.16. The van der Waals surface area contributed by atoms with Crippen LogP contribution in [-0.2, 0) is 0 Å². The molecule has 0 atom stereocenters. The van der Waals surface area contributed by atoms with E-state index in [2.05, 4.69) is 70.2 Å². The van der Waals surface area contributed by atoms with Gasteiger partial charge in [-0.15, -0.1) is 10.2 Å². The number of ketones is 1. The molecule has 146 valence electrons. The number of aryl methyl sites for hydroxylation is 1. The molecule has 6 heteroatoms. The molecule has 0 saturated carbocycles. The summed E-state index contributed by atoms with van der Waals surface area (Å²) in [7, 11) is 0. The molecule has 0 aliphatic rings. The quantitative estimate of drug-likeness (QED) is 0.290. The van der Waals surface area contributed by atoms with Crippen molar-refractivity contribution in [1.29, 1.82) is 0 Å². The number of carbonyl (C=O) groups is 1. The summed E-state index contributed by atoms with van der Waals surface area (Å²) in [5, 5.41) is 7.84. The normalized spacial score (nSPS) is 11.1. The van der Waals surface area contributed by atoms with Crippen LogP contribution in [0.3, 0.4) is 0 Å². The van der Waals surface area contributed by atoms with Gasteiger partial charge in [-0.2, -0.15) is 0 Å². The molecule has 0 unspecified atom stereocenters. The van der Waals surface area contributed by atoms with E-state index >= 15 is 0 Å². The second-order valence-electron chi connectivity index (χ2n) is 6.80. The van der Waals surface area contributed by atoms with Gasteiger partial charge in [0.15, 0.2) is 10.1 Å². The summed E-state index contributed by atoms with van der Waals surface area (Å²) in [4.78, 5) is 12.9. The molecule has 0 fully saturated rings. The summed E-state index contributed by atoms with van der Waals surface area (Å²) in [5.74, 6) is 0.477. The van der Waals surface area contributed by atoms with Gasteiger partial charge in [0, 0.05) is 17.0 Å². The van der Waals surface area contributed by atoms with E-state index in [9.17, 15) is 4.79 Å². The Morgan fingerprint density at radius 3 is 2.21 bits per heavy atom. The fraction of sp³-hybridized carbons (Fsp3) is 0.174. The van der Waals surface area contributed by atoms with Crippen LogP contribution in [0.2, 0.25) is 0 Å². The number of hydrogen-bond donors (Lipinski definition) is 0. The Bertz CT molecular complexity index is 1050. The molecule has 2 heterocycles. The maximum atomic E-state index is 12.9. The Kier molecular flexibility index (Phi) is 5.92. The SMILES string of the molecule is Cc1cc(C(=O)CSc2nncs2)c(C)n1C(c1ccccc1)c1ccccc1. The number of rotatable bonds is 7. The van der Waals surface area contributed by atoms with Crippen LogP contribution in [0.25, 0.3) is 0 Å². The first kappa shape index (κ1) is 19.6. The third-order valence-corrected chi connectivity index (χ3v) is 6.80. The number of Topliss-reactive ketones (excluding diaryl/α,β-unsaturated/α-hetero) is 1. The first-order chi connectivity index (χ1) is 14.1. The second kappa shape index (κ2) is 8.76. The first-order valence-corrected chi connectivity index (χ1v) is 11.2.